The van der Waals surface area contributed by atoms with E-state index in [1.807, 2.05) is 24.3 Å². The first kappa shape index (κ1) is 20.2. The Morgan fingerprint density at radius 3 is 2.37 bits per heavy atom. The van der Waals surface area contributed by atoms with E-state index in [1.54, 1.807) is 0 Å². The number of rotatable bonds is 7. The van der Waals surface area contributed by atoms with E-state index in [0.717, 1.165) is 18.8 Å². The molecule has 1 amide bonds. The molecule has 4 heteroatoms. The fraction of sp³-hybridized carbons (Fsp3) is 0.269. The third kappa shape index (κ3) is 4.10. The number of fused-ring (bicyclic) bond motifs is 3. The summed E-state index contributed by atoms with van der Waals surface area (Å²) >= 11 is 0. The van der Waals surface area contributed by atoms with Crippen molar-refractivity contribution in [1.29, 1.82) is 0 Å². The van der Waals surface area contributed by atoms with E-state index in [9.17, 15) is 4.79 Å². The second-order valence-corrected chi connectivity index (χ2v) is 8.03. The van der Waals surface area contributed by atoms with Crippen LogP contribution in [-0.4, -0.2) is 28.0 Å². The van der Waals surface area contributed by atoms with Crippen molar-refractivity contribution >= 4 is 33.4 Å². The van der Waals surface area contributed by atoms with Crippen molar-refractivity contribution in [2.24, 2.45) is 0 Å². The van der Waals surface area contributed by atoms with Gasteiger partial charge in [-0.25, -0.2) is 0 Å². The highest BCUT2D eigenvalue weighted by atomic mass is 16.2. The van der Waals surface area contributed by atoms with Crippen molar-refractivity contribution in [3.05, 3.63) is 78.4 Å². The van der Waals surface area contributed by atoms with Crippen LogP contribution >= 0.6 is 0 Å². The second-order valence-electron chi connectivity index (χ2n) is 8.03. The van der Waals surface area contributed by atoms with E-state index < -0.39 is 0 Å². The number of para-hydroxylation sites is 1. The van der Waals surface area contributed by atoms with Crippen molar-refractivity contribution in [3.63, 3.8) is 0 Å². The molecule has 0 aliphatic rings. The van der Waals surface area contributed by atoms with Gasteiger partial charge in [-0.3, -0.25) is 9.69 Å². The summed E-state index contributed by atoms with van der Waals surface area (Å²) in [4.78, 5) is 15.0. The van der Waals surface area contributed by atoms with Gasteiger partial charge in [0.15, 0.2) is 0 Å². The summed E-state index contributed by atoms with van der Waals surface area (Å²) in [5.41, 5.74) is 4.49. The van der Waals surface area contributed by atoms with E-state index in [4.69, 9.17) is 0 Å². The minimum atomic E-state index is 0.0122. The molecule has 0 saturated heterocycles. The van der Waals surface area contributed by atoms with Gasteiger partial charge in [0.2, 0.25) is 5.91 Å². The van der Waals surface area contributed by atoms with Crippen LogP contribution in [0.3, 0.4) is 0 Å². The van der Waals surface area contributed by atoms with Gasteiger partial charge in [-0.05, 0) is 50.6 Å². The predicted octanol–water partition coefficient (Wildman–Crippen LogP) is 5.66. The molecule has 4 rings (SSSR count). The van der Waals surface area contributed by atoms with Gasteiger partial charge in [0, 0.05) is 46.6 Å². The average molecular weight is 400 g/mol. The number of amides is 1. The Kier molecular flexibility index (Phi) is 5.86. The molecule has 0 bridgehead atoms. The number of nitrogens with one attached hydrogen (secondary N) is 1. The van der Waals surface area contributed by atoms with E-state index in [-0.39, 0.29) is 11.9 Å². The highest BCUT2D eigenvalue weighted by Gasteiger charge is 2.16. The quantitative estimate of drug-likeness (QED) is 0.435. The van der Waals surface area contributed by atoms with Gasteiger partial charge in [0.05, 0.1) is 6.54 Å². The minimum Gasteiger partial charge on any atom is -0.341 e. The number of aromatic nitrogens is 1. The number of carbonyl (C=O) groups excluding carboxylic acids is 1. The van der Waals surface area contributed by atoms with Crippen LogP contribution in [0.4, 0.5) is 5.69 Å². The molecule has 4 aromatic rings. The lowest BCUT2D eigenvalue weighted by atomic mass is 10.1. The zero-order valence-corrected chi connectivity index (χ0v) is 17.9. The summed E-state index contributed by atoms with van der Waals surface area (Å²) in [5.74, 6) is 0.0122. The predicted molar refractivity (Wildman–Crippen MR) is 126 cm³/mol. The largest absolute Gasteiger partial charge is 0.341 e. The van der Waals surface area contributed by atoms with E-state index in [2.05, 4.69) is 84.1 Å². The molecule has 0 unspecified atom stereocenters. The fourth-order valence-corrected chi connectivity index (χ4v) is 4.10. The lowest BCUT2D eigenvalue weighted by molar-refractivity contribution is -0.117. The third-order valence-electron chi connectivity index (χ3n) is 5.68. The number of carbonyl (C=O) groups is 1. The number of hydrogen-bond donors (Lipinski definition) is 1. The summed E-state index contributed by atoms with van der Waals surface area (Å²) in [6, 6.07) is 25.2. The van der Waals surface area contributed by atoms with Crippen LogP contribution in [0.1, 0.15) is 26.3 Å². The molecule has 0 radical (unpaired) electrons. The van der Waals surface area contributed by atoms with Crippen molar-refractivity contribution in [1.82, 2.24) is 9.47 Å². The number of aryl methyl sites for hydroxylation is 1. The molecule has 0 atom stereocenters. The van der Waals surface area contributed by atoms with Crippen LogP contribution in [0.25, 0.3) is 21.8 Å². The Morgan fingerprint density at radius 1 is 0.933 bits per heavy atom. The Labute approximate surface area is 178 Å². The second kappa shape index (κ2) is 8.72. The van der Waals surface area contributed by atoms with Gasteiger partial charge in [-0.2, -0.15) is 0 Å². The fourth-order valence-electron chi connectivity index (χ4n) is 4.10. The molecule has 1 N–H and O–H groups in total. The first-order chi connectivity index (χ1) is 14.6. The summed E-state index contributed by atoms with van der Waals surface area (Å²) in [6.45, 7) is 8.45. The molecule has 1 heterocycles. The molecule has 154 valence electrons. The lowest BCUT2D eigenvalue weighted by Crippen LogP contribution is -2.37. The van der Waals surface area contributed by atoms with Crippen molar-refractivity contribution in [2.75, 3.05) is 11.9 Å². The Morgan fingerprint density at radius 2 is 1.63 bits per heavy atom. The molecule has 0 fully saturated rings. The molecule has 0 spiro atoms. The van der Waals surface area contributed by atoms with Crippen LogP contribution in [0.15, 0.2) is 72.8 Å². The van der Waals surface area contributed by atoms with E-state index in [0.29, 0.717) is 6.54 Å². The third-order valence-corrected chi connectivity index (χ3v) is 5.68. The maximum atomic E-state index is 12.8. The Bertz CT molecular complexity index is 1160. The summed E-state index contributed by atoms with van der Waals surface area (Å²) < 4.78 is 2.32. The van der Waals surface area contributed by atoms with Crippen molar-refractivity contribution < 1.29 is 4.79 Å². The number of benzene rings is 3. The van der Waals surface area contributed by atoms with Gasteiger partial charge in [-0.1, -0.05) is 48.5 Å². The number of anilines is 1. The van der Waals surface area contributed by atoms with Crippen LogP contribution in [-0.2, 0) is 17.9 Å². The van der Waals surface area contributed by atoms with Gasteiger partial charge in [0.1, 0.15) is 0 Å². The molecule has 0 saturated carbocycles. The van der Waals surface area contributed by atoms with Gasteiger partial charge in [-0.15, -0.1) is 0 Å². The van der Waals surface area contributed by atoms with Crippen molar-refractivity contribution in [2.45, 2.75) is 39.9 Å². The number of nitrogens with zero attached hydrogens (tertiary/aromatic N) is 2. The molecular formula is C26H29N3O. The standard InChI is InChI=1S/C26H29N3O/c1-4-29-24-13-9-8-12-22(24)23-16-21(14-15-25(23)29)27-26(30)18-28(19(2)3)17-20-10-6-5-7-11-20/h5-16,19H,4,17-18H2,1-3H3,(H,27,30). The van der Waals surface area contributed by atoms with Gasteiger partial charge in [0.25, 0.3) is 0 Å². The molecule has 30 heavy (non-hydrogen) atoms. The zero-order chi connectivity index (χ0) is 21.1. The van der Waals surface area contributed by atoms with Crippen LogP contribution in [0.2, 0.25) is 0 Å². The molecule has 0 aliphatic carbocycles. The van der Waals surface area contributed by atoms with Crippen LogP contribution in [0.5, 0.6) is 0 Å². The molecule has 3 aromatic carbocycles. The van der Waals surface area contributed by atoms with E-state index in [1.165, 1.54) is 27.4 Å². The first-order valence-electron chi connectivity index (χ1n) is 10.7. The first-order valence-corrected chi connectivity index (χ1v) is 10.7. The molecule has 1 aromatic heterocycles. The zero-order valence-electron chi connectivity index (χ0n) is 17.9. The number of hydrogen-bond acceptors (Lipinski definition) is 2. The van der Waals surface area contributed by atoms with E-state index >= 15 is 0 Å². The summed E-state index contributed by atoms with van der Waals surface area (Å²) in [7, 11) is 0. The van der Waals surface area contributed by atoms with Crippen LogP contribution < -0.4 is 5.32 Å². The topological polar surface area (TPSA) is 37.3 Å². The van der Waals surface area contributed by atoms with Crippen molar-refractivity contribution in [3.8, 4) is 0 Å². The monoisotopic (exact) mass is 399 g/mol. The highest BCUT2D eigenvalue weighted by molar-refractivity contribution is 6.09. The molecule has 0 aliphatic heterocycles. The van der Waals surface area contributed by atoms with Gasteiger partial charge < -0.3 is 9.88 Å². The normalized spacial score (nSPS) is 11.6. The SMILES string of the molecule is CCn1c2ccccc2c2cc(NC(=O)CN(Cc3ccccc3)C(C)C)ccc21. The summed E-state index contributed by atoms with van der Waals surface area (Å²) in [6.07, 6.45) is 0. The maximum absolute atomic E-state index is 12.8. The minimum absolute atomic E-state index is 0.0122. The Hall–Kier alpha value is -3.11. The van der Waals surface area contributed by atoms with Crippen LogP contribution in [0, 0.1) is 0 Å². The average Bonchev–Trinajstić information content (AvgIpc) is 3.07. The van der Waals surface area contributed by atoms with Gasteiger partial charge >= 0.3 is 0 Å². The highest BCUT2D eigenvalue weighted by Crippen LogP contribution is 2.31. The smallest absolute Gasteiger partial charge is 0.238 e. The molecule has 4 nitrogen and oxygen atoms in total. The Balaban J connectivity index is 1.54. The lowest BCUT2D eigenvalue weighted by Gasteiger charge is -2.26. The maximum Gasteiger partial charge on any atom is 0.238 e. The summed E-state index contributed by atoms with van der Waals surface area (Å²) in [5, 5.41) is 5.50. The molecular weight excluding hydrogens is 370 g/mol.